The topological polar surface area (TPSA) is 30.5 Å². The normalized spacial score (nSPS) is 9.83. The van der Waals surface area contributed by atoms with E-state index in [9.17, 15) is 0 Å². The van der Waals surface area contributed by atoms with Crippen LogP contribution in [0.1, 0.15) is 25.8 Å². The lowest BCUT2D eigenvalue weighted by Gasteiger charge is -2.12. The molecule has 0 atom stereocenters. The van der Waals surface area contributed by atoms with E-state index in [0.29, 0.717) is 12.4 Å². The van der Waals surface area contributed by atoms with Crippen LogP contribution in [0.3, 0.4) is 0 Å². The fraction of sp³-hybridized carbons (Fsp3) is 0.467. The van der Waals surface area contributed by atoms with Crippen LogP contribution in [0.4, 0.5) is 0 Å². The molecule has 0 aliphatic carbocycles. The zero-order chi connectivity index (χ0) is 13.2. The number of rotatable bonds is 8. The summed E-state index contributed by atoms with van der Waals surface area (Å²) in [4.78, 5) is 0. The zero-order valence-electron chi connectivity index (χ0n) is 11.2. The van der Waals surface area contributed by atoms with Crippen molar-refractivity contribution in [1.82, 2.24) is 5.32 Å². The summed E-state index contributed by atoms with van der Waals surface area (Å²) in [6.45, 7) is 6.82. The standard InChI is InChI=1S/C15H21NO2/c1-4-9-16-12-13-7-8-14(18-10-5-2)15(11-13)17-6-3/h2,7-8,11,16H,4,6,9-10,12H2,1,3H3. The number of benzene rings is 1. The highest BCUT2D eigenvalue weighted by atomic mass is 16.5. The van der Waals surface area contributed by atoms with Gasteiger partial charge in [-0.05, 0) is 37.6 Å². The number of ether oxygens (including phenoxy) is 2. The molecule has 0 amide bonds. The van der Waals surface area contributed by atoms with E-state index in [-0.39, 0.29) is 6.61 Å². The van der Waals surface area contributed by atoms with Crippen molar-refractivity contribution < 1.29 is 9.47 Å². The quantitative estimate of drug-likeness (QED) is 0.566. The Kier molecular flexibility index (Phi) is 6.75. The van der Waals surface area contributed by atoms with E-state index in [4.69, 9.17) is 15.9 Å². The maximum atomic E-state index is 5.56. The van der Waals surface area contributed by atoms with Crippen LogP contribution in [0, 0.1) is 12.3 Å². The molecular weight excluding hydrogens is 226 g/mol. The summed E-state index contributed by atoms with van der Waals surface area (Å²) in [5.41, 5.74) is 1.18. The van der Waals surface area contributed by atoms with Gasteiger partial charge in [-0.3, -0.25) is 0 Å². The van der Waals surface area contributed by atoms with Gasteiger partial charge in [-0.1, -0.05) is 18.9 Å². The highest BCUT2D eigenvalue weighted by Crippen LogP contribution is 2.28. The summed E-state index contributed by atoms with van der Waals surface area (Å²) in [5.74, 6) is 3.91. The fourth-order valence-electron chi connectivity index (χ4n) is 1.58. The molecule has 0 unspecified atom stereocenters. The van der Waals surface area contributed by atoms with Gasteiger partial charge >= 0.3 is 0 Å². The van der Waals surface area contributed by atoms with Crippen molar-refractivity contribution in [1.29, 1.82) is 0 Å². The predicted octanol–water partition coefficient (Wildman–Crippen LogP) is 2.60. The van der Waals surface area contributed by atoms with Gasteiger partial charge in [0.05, 0.1) is 6.61 Å². The number of nitrogens with one attached hydrogen (secondary N) is 1. The smallest absolute Gasteiger partial charge is 0.162 e. The molecular formula is C15H21NO2. The molecule has 1 aromatic rings. The maximum absolute atomic E-state index is 5.56. The zero-order valence-corrected chi connectivity index (χ0v) is 11.2. The third-order valence-corrected chi connectivity index (χ3v) is 2.37. The molecule has 0 bridgehead atoms. The molecule has 3 heteroatoms. The first-order valence-electron chi connectivity index (χ1n) is 6.34. The Morgan fingerprint density at radius 3 is 2.72 bits per heavy atom. The third-order valence-electron chi connectivity index (χ3n) is 2.37. The Labute approximate surface area is 109 Å². The third kappa shape index (κ3) is 4.68. The molecule has 0 saturated carbocycles. The molecule has 0 spiro atoms. The highest BCUT2D eigenvalue weighted by Gasteiger charge is 2.05. The Morgan fingerprint density at radius 1 is 1.22 bits per heavy atom. The Balaban J connectivity index is 2.72. The molecule has 0 heterocycles. The Morgan fingerprint density at radius 2 is 2.06 bits per heavy atom. The average molecular weight is 247 g/mol. The van der Waals surface area contributed by atoms with Crippen molar-refractivity contribution in [2.24, 2.45) is 0 Å². The van der Waals surface area contributed by atoms with Gasteiger partial charge in [0.15, 0.2) is 11.5 Å². The molecule has 0 radical (unpaired) electrons. The second-order valence-electron chi connectivity index (χ2n) is 3.88. The monoisotopic (exact) mass is 247 g/mol. The summed E-state index contributed by atoms with van der Waals surface area (Å²) in [6.07, 6.45) is 6.31. The van der Waals surface area contributed by atoms with E-state index in [1.807, 2.05) is 25.1 Å². The van der Waals surface area contributed by atoms with Crippen molar-refractivity contribution in [3.8, 4) is 23.8 Å². The van der Waals surface area contributed by atoms with Crippen molar-refractivity contribution in [3.63, 3.8) is 0 Å². The SMILES string of the molecule is C#CCOc1ccc(CNCCC)cc1OCC. The number of hydrogen-bond donors (Lipinski definition) is 1. The van der Waals surface area contributed by atoms with Gasteiger partial charge in [-0.2, -0.15) is 0 Å². The molecule has 0 aliphatic rings. The van der Waals surface area contributed by atoms with E-state index < -0.39 is 0 Å². The molecule has 1 N–H and O–H groups in total. The minimum Gasteiger partial charge on any atom is -0.490 e. The maximum Gasteiger partial charge on any atom is 0.162 e. The highest BCUT2D eigenvalue weighted by molar-refractivity contribution is 5.43. The fourth-order valence-corrected chi connectivity index (χ4v) is 1.58. The first-order valence-corrected chi connectivity index (χ1v) is 6.34. The molecule has 1 aromatic carbocycles. The van der Waals surface area contributed by atoms with Gasteiger partial charge in [-0.25, -0.2) is 0 Å². The molecule has 1 rings (SSSR count). The van der Waals surface area contributed by atoms with Crippen molar-refractivity contribution in [2.45, 2.75) is 26.8 Å². The average Bonchev–Trinajstić information content (AvgIpc) is 2.38. The molecule has 0 fully saturated rings. The minimum atomic E-state index is 0.257. The van der Waals surface area contributed by atoms with Crippen molar-refractivity contribution >= 4 is 0 Å². The van der Waals surface area contributed by atoms with Crippen LogP contribution in [-0.4, -0.2) is 19.8 Å². The van der Waals surface area contributed by atoms with E-state index in [1.165, 1.54) is 5.56 Å². The van der Waals surface area contributed by atoms with Gasteiger partial charge in [0, 0.05) is 6.54 Å². The first-order chi connectivity index (χ1) is 8.81. The lowest BCUT2D eigenvalue weighted by Crippen LogP contribution is -2.13. The molecule has 0 saturated heterocycles. The van der Waals surface area contributed by atoms with Gasteiger partial charge in [0.1, 0.15) is 6.61 Å². The lowest BCUT2D eigenvalue weighted by atomic mass is 10.2. The Hall–Kier alpha value is -1.66. The molecule has 3 nitrogen and oxygen atoms in total. The molecule has 98 valence electrons. The Bertz CT molecular complexity index is 396. The van der Waals surface area contributed by atoms with E-state index in [2.05, 4.69) is 18.2 Å². The van der Waals surface area contributed by atoms with E-state index in [0.717, 1.165) is 25.3 Å². The van der Waals surface area contributed by atoms with E-state index >= 15 is 0 Å². The number of terminal acetylenes is 1. The van der Waals surface area contributed by atoms with Gasteiger partial charge in [0.2, 0.25) is 0 Å². The molecule has 0 aliphatic heterocycles. The van der Waals surface area contributed by atoms with Gasteiger partial charge in [-0.15, -0.1) is 6.42 Å². The minimum absolute atomic E-state index is 0.257. The summed E-state index contributed by atoms with van der Waals surface area (Å²) >= 11 is 0. The molecule has 18 heavy (non-hydrogen) atoms. The van der Waals surface area contributed by atoms with Crippen LogP contribution < -0.4 is 14.8 Å². The van der Waals surface area contributed by atoms with Crippen LogP contribution in [-0.2, 0) is 6.54 Å². The van der Waals surface area contributed by atoms with Gasteiger partial charge in [0.25, 0.3) is 0 Å². The van der Waals surface area contributed by atoms with Crippen LogP contribution in [0.5, 0.6) is 11.5 Å². The summed E-state index contributed by atoms with van der Waals surface area (Å²) < 4.78 is 11.0. The molecule has 0 aromatic heterocycles. The van der Waals surface area contributed by atoms with Crippen LogP contribution in [0.15, 0.2) is 18.2 Å². The van der Waals surface area contributed by atoms with Crippen LogP contribution in [0.25, 0.3) is 0 Å². The van der Waals surface area contributed by atoms with Crippen molar-refractivity contribution in [3.05, 3.63) is 23.8 Å². The van der Waals surface area contributed by atoms with Crippen molar-refractivity contribution in [2.75, 3.05) is 19.8 Å². The second-order valence-corrected chi connectivity index (χ2v) is 3.88. The first kappa shape index (κ1) is 14.4. The second kappa shape index (κ2) is 8.43. The van der Waals surface area contributed by atoms with E-state index in [1.54, 1.807) is 0 Å². The largest absolute Gasteiger partial charge is 0.490 e. The van der Waals surface area contributed by atoms with Crippen LogP contribution in [0.2, 0.25) is 0 Å². The summed E-state index contributed by atoms with van der Waals surface area (Å²) in [7, 11) is 0. The summed E-state index contributed by atoms with van der Waals surface area (Å²) in [6, 6.07) is 5.93. The summed E-state index contributed by atoms with van der Waals surface area (Å²) in [5, 5.41) is 3.35. The predicted molar refractivity (Wildman–Crippen MR) is 73.9 cm³/mol. The lowest BCUT2D eigenvalue weighted by molar-refractivity contribution is 0.299. The number of hydrogen-bond acceptors (Lipinski definition) is 3. The van der Waals surface area contributed by atoms with Gasteiger partial charge < -0.3 is 14.8 Å². The van der Waals surface area contributed by atoms with Crippen LogP contribution >= 0.6 is 0 Å².